The second kappa shape index (κ2) is 12.6. The van der Waals surface area contributed by atoms with Gasteiger partial charge in [0.05, 0.1) is 39.3 Å². The molecule has 1 atom stereocenters. The number of benzene rings is 2. The van der Waals surface area contributed by atoms with Gasteiger partial charge in [-0.2, -0.15) is 0 Å². The maximum atomic E-state index is 13.5. The Morgan fingerprint density at radius 2 is 1.88 bits per heavy atom. The minimum Gasteiger partial charge on any atom is -0.493 e. The summed E-state index contributed by atoms with van der Waals surface area (Å²) in [4.78, 5) is 25.5. The maximum absolute atomic E-state index is 13.5. The molecular weight excluding hydrogens is 680 g/mol. The van der Waals surface area contributed by atoms with Crippen LogP contribution in [0.25, 0.3) is 20.8 Å². The van der Waals surface area contributed by atoms with Crippen molar-refractivity contribution < 1.29 is 18.7 Å². The van der Waals surface area contributed by atoms with Gasteiger partial charge >= 0.3 is 0 Å². The molecule has 0 saturated carbocycles. The van der Waals surface area contributed by atoms with Gasteiger partial charge in [-0.15, -0.1) is 11.3 Å². The highest BCUT2D eigenvalue weighted by atomic mass is 127. The lowest BCUT2D eigenvalue weighted by Crippen LogP contribution is -2.36. The Kier molecular flexibility index (Phi) is 8.43. The molecule has 0 spiro atoms. The van der Waals surface area contributed by atoms with Crippen LogP contribution < -0.4 is 15.0 Å². The van der Waals surface area contributed by atoms with Gasteiger partial charge in [0.2, 0.25) is 0 Å². The third kappa shape index (κ3) is 6.13. The SMILES string of the molecule is CCOC1=C(C(=O)Nc2ccc(Oc3ccnc4cc(-c5cn(CC)cn5)sc34)cc2)C(I)N(c2ccc(F)cc2)C=C1. The van der Waals surface area contributed by atoms with Crippen LogP contribution in [0, 0.1) is 5.82 Å². The van der Waals surface area contributed by atoms with E-state index >= 15 is 0 Å². The number of aromatic nitrogens is 3. The van der Waals surface area contributed by atoms with Gasteiger partial charge in [-0.3, -0.25) is 9.78 Å². The van der Waals surface area contributed by atoms with Crippen molar-refractivity contribution in [3.8, 4) is 22.1 Å². The monoisotopic (exact) mass is 707 g/mol. The van der Waals surface area contributed by atoms with Gasteiger partial charge in [0, 0.05) is 42.6 Å². The van der Waals surface area contributed by atoms with Crippen LogP contribution in [0.5, 0.6) is 11.5 Å². The molecule has 218 valence electrons. The summed E-state index contributed by atoms with van der Waals surface area (Å²) in [6.45, 7) is 5.22. The van der Waals surface area contributed by atoms with E-state index in [4.69, 9.17) is 9.47 Å². The fourth-order valence-corrected chi connectivity index (χ4v) is 6.74. The van der Waals surface area contributed by atoms with Crippen molar-refractivity contribution in [3.05, 3.63) is 109 Å². The number of nitrogens with zero attached hydrogens (tertiary/aromatic N) is 4. The summed E-state index contributed by atoms with van der Waals surface area (Å²) in [7, 11) is 0. The smallest absolute Gasteiger partial charge is 0.258 e. The number of aryl methyl sites for hydroxylation is 1. The molecule has 1 N–H and O–H groups in total. The second-order valence-electron chi connectivity index (χ2n) is 9.55. The number of hydrogen-bond acceptors (Lipinski definition) is 7. The van der Waals surface area contributed by atoms with E-state index in [1.807, 2.05) is 59.4 Å². The first kappa shape index (κ1) is 28.9. The molecule has 1 unspecified atom stereocenters. The van der Waals surface area contributed by atoms with E-state index in [1.54, 1.807) is 47.9 Å². The minimum atomic E-state index is -0.377. The summed E-state index contributed by atoms with van der Waals surface area (Å²) in [5.41, 5.74) is 3.58. The van der Waals surface area contributed by atoms with Gasteiger partial charge in [-0.1, -0.05) is 22.6 Å². The fourth-order valence-electron chi connectivity index (χ4n) is 4.61. The Morgan fingerprint density at radius 1 is 1.09 bits per heavy atom. The molecule has 5 aromatic rings. The number of amides is 1. The summed E-state index contributed by atoms with van der Waals surface area (Å²) in [6.07, 6.45) is 9.17. The number of fused-ring (bicyclic) bond motifs is 1. The lowest BCUT2D eigenvalue weighted by atomic mass is 10.1. The molecule has 0 fully saturated rings. The van der Waals surface area contributed by atoms with Crippen LogP contribution in [0.15, 0.2) is 103 Å². The minimum absolute atomic E-state index is 0.291. The Morgan fingerprint density at radius 3 is 2.60 bits per heavy atom. The molecular formula is C32H27FIN5O3S. The van der Waals surface area contributed by atoms with Crippen LogP contribution in [-0.4, -0.2) is 31.1 Å². The molecule has 8 nitrogen and oxygen atoms in total. The molecule has 3 aromatic heterocycles. The highest BCUT2D eigenvalue weighted by molar-refractivity contribution is 14.1. The Balaban J connectivity index is 1.18. The molecule has 6 rings (SSSR count). The Bertz CT molecular complexity index is 1830. The molecule has 0 saturated heterocycles. The molecule has 1 amide bonds. The summed E-state index contributed by atoms with van der Waals surface area (Å²) in [6, 6.07) is 17.2. The fraction of sp³-hybridized carbons (Fsp3) is 0.156. The van der Waals surface area contributed by atoms with Crippen LogP contribution in [0.4, 0.5) is 15.8 Å². The van der Waals surface area contributed by atoms with Crippen LogP contribution in [0.3, 0.4) is 0 Å². The number of allylic oxidation sites excluding steroid dienone is 1. The van der Waals surface area contributed by atoms with E-state index in [9.17, 15) is 9.18 Å². The second-order valence-corrected chi connectivity index (χ2v) is 11.8. The first-order valence-corrected chi connectivity index (χ1v) is 15.7. The molecule has 0 bridgehead atoms. The average Bonchev–Trinajstić information content (AvgIpc) is 3.67. The number of ether oxygens (including phenoxy) is 2. The topological polar surface area (TPSA) is 81.5 Å². The molecule has 0 radical (unpaired) electrons. The van der Waals surface area contributed by atoms with Crippen LogP contribution in [-0.2, 0) is 16.1 Å². The number of imidazole rings is 1. The number of carbonyl (C=O) groups excluding carboxylic acids is 1. The Hall–Kier alpha value is -4.23. The van der Waals surface area contributed by atoms with Crippen molar-refractivity contribution in [2.24, 2.45) is 0 Å². The number of hydrogen-bond donors (Lipinski definition) is 1. The van der Waals surface area contributed by atoms with Crippen molar-refractivity contribution in [2.45, 2.75) is 24.4 Å². The zero-order valence-corrected chi connectivity index (χ0v) is 26.3. The molecule has 43 heavy (non-hydrogen) atoms. The van der Waals surface area contributed by atoms with Crippen LogP contribution >= 0.6 is 33.9 Å². The standard InChI is InChI=1S/C32H27FIN5O3S/c1-3-38-18-25(36-19-38)28-17-24-30(43-28)27(13-15-35-24)42-23-11-7-21(8-12-23)37-32(40)29-26(41-4-2)14-16-39(31(29)34)22-9-5-20(33)6-10-22/h5-19,31H,3-4H2,1-2H3,(H,37,40). The van der Waals surface area contributed by atoms with Gasteiger partial charge in [0.15, 0.2) is 0 Å². The van der Waals surface area contributed by atoms with Gasteiger partial charge in [0.25, 0.3) is 5.91 Å². The van der Waals surface area contributed by atoms with Gasteiger partial charge in [0.1, 0.15) is 27.1 Å². The predicted molar refractivity (Wildman–Crippen MR) is 176 cm³/mol. The lowest BCUT2D eigenvalue weighted by molar-refractivity contribution is -0.113. The Labute approximate surface area is 265 Å². The molecule has 2 aromatic carbocycles. The highest BCUT2D eigenvalue weighted by Crippen LogP contribution is 2.39. The zero-order chi connectivity index (χ0) is 29.9. The van der Waals surface area contributed by atoms with Crippen molar-refractivity contribution in [1.82, 2.24) is 14.5 Å². The number of nitrogens with one attached hydrogen (secondary N) is 1. The third-order valence-corrected chi connectivity index (χ3v) is 9.15. The van der Waals surface area contributed by atoms with E-state index in [-0.39, 0.29) is 15.8 Å². The molecule has 4 heterocycles. The van der Waals surface area contributed by atoms with Crippen molar-refractivity contribution >= 4 is 61.4 Å². The maximum Gasteiger partial charge on any atom is 0.258 e. The summed E-state index contributed by atoms with van der Waals surface area (Å²) < 4.78 is 28.1. The number of thiophene rings is 1. The van der Waals surface area contributed by atoms with E-state index in [0.29, 0.717) is 35.1 Å². The van der Waals surface area contributed by atoms with Crippen LogP contribution in [0.1, 0.15) is 13.8 Å². The van der Waals surface area contributed by atoms with Crippen molar-refractivity contribution in [3.63, 3.8) is 0 Å². The predicted octanol–water partition coefficient (Wildman–Crippen LogP) is 8.14. The summed E-state index contributed by atoms with van der Waals surface area (Å²) >= 11 is 3.78. The first-order valence-electron chi connectivity index (χ1n) is 13.7. The summed E-state index contributed by atoms with van der Waals surface area (Å²) in [5, 5.41) is 2.99. The summed E-state index contributed by atoms with van der Waals surface area (Å²) in [5.74, 6) is 1.21. The number of alkyl halides is 1. The van der Waals surface area contributed by atoms with Gasteiger partial charge in [-0.05, 0) is 74.5 Å². The first-order chi connectivity index (χ1) is 20.9. The molecule has 1 aliphatic rings. The van der Waals surface area contributed by atoms with Crippen LogP contribution in [0.2, 0.25) is 0 Å². The van der Waals surface area contributed by atoms with Gasteiger partial charge < -0.3 is 24.3 Å². The zero-order valence-electron chi connectivity index (χ0n) is 23.3. The number of halogens is 2. The van der Waals surface area contributed by atoms with Crippen molar-refractivity contribution in [1.29, 1.82) is 0 Å². The third-order valence-electron chi connectivity index (χ3n) is 6.77. The largest absolute Gasteiger partial charge is 0.493 e. The van der Waals surface area contributed by atoms with E-state index in [0.717, 1.165) is 33.0 Å². The normalized spacial score (nSPS) is 14.8. The highest BCUT2D eigenvalue weighted by Gasteiger charge is 2.31. The molecule has 0 aliphatic carbocycles. The van der Waals surface area contributed by atoms with E-state index in [2.05, 4.69) is 44.8 Å². The van der Waals surface area contributed by atoms with Gasteiger partial charge in [-0.25, -0.2) is 9.37 Å². The number of pyridine rings is 1. The van der Waals surface area contributed by atoms with E-state index < -0.39 is 0 Å². The number of carbonyl (C=O) groups is 1. The quantitative estimate of drug-likeness (QED) is 0.0947. The number of rotatable bonds is 9. The van der Waals surface area contributed by atoms with E-state index in [1.165, 1.54) is 12.1 Å². The lowest BCUT2D eigenvalue weighted by Gasteiger charge is -2.32. The molecule has 11 heteroatoms. The molecule has 1 aliphatic heterocycles. The average molecular weight is 708 g/mol. The van der Waals surface area contributed by atoms with Crippen molar-refractivity contribution in [2.75, 3.05) is 16.8 Å². The number of anilines is 2.